The van der Waals surface area contributed by atoms with Crippen LogP contribution in [0.2, 0.25) is 0 Å². The van der Waals surface area contributed by atoms with E-state index in [1.165, 1.54) is 109 Å². The summed E-state index contributed by atoms with van der Waals surface area (Å²) >= 11 is 0. The van der Waals surface area contributed by atoms with Crippen LogP contribution in [0.25, 0.3) is 0 Å². The molecule has 0 aliphatic rings. The zero-order chi connectivity index (χ0) is 86.5. The third kappa shape index (κ3) is 92.9. The van der Waals surface area contributed by atoms with Gasteiger partial charge in [0.2, 0.25) is 0 Å². The smallest absolute Gasteiger partial charge is 0.463 e. The van der Waals surface area contributed by atoms with Crippen molar-refractivity contribution in [2.75, 3.05) is 39.6 Å². The predicted octanol–water partition coefficient (Wildman–Crippen LogP) is 29.0. The summed E-state index contributed by atoms with van der Waals surface area (Å²) in [4.78, 5) is 59.1. The van der Waals surface area contributed by atoms with E-state index in [4.69, 9.17) is 32.3 Å². The highest BCUT2D eigenvalue weighted by atomic mass is 31.2. The summed E-state index contributed by atoms with van der Waals surface area (Å²) in [5, 5.41) is 20.7. The van der Waals surface area contributed by atoms with Gasteiger partial charge in [-0.05, 0) is 167 Å². The Hall–Kier alpha value is -5.61. The zero-order valence-electron chi connectivity index (χ0n) is 74.7. The standard InChI is InChI=1S/C101H168O16P2/c1-4-7-10-13-16-19-22-25-28-31-34-37-40-43-45-47-49-52-54-57-60-63-66-69-72-75-78-81-84-87-99(104)111-90-96(102)91-113-118(107,108)114-92-97(103)93-115-119(109,110)116-95-98(117-101(106)89-86-83-80-77-74-71-68-65-62-59-56-51-42-39-36-33-30-27-24-21-18-15-12-9-6-3)94-112-100(105)88-85-82-79-76-73-70-67-64-61-58-55-53-50-48-46-44-41-38-35-32-29-26-23-20-17-14-11-8-5-2/h7,9-10,12,16-21,25-30,34-39,43-46,49,51-52,56,62,65,96-98,102-103H,4-6,8,11,13-15,22-24,31-33,40-42,47-48,50,53-55,57-61,63-64,66-95H2,1-3H3,(H,107,108)(H,109,110)/b10-7-,12-9-,19-16-,20-17-,21-18-,28-25-,29-26-,30-27-,37-34-,38-35-,39-36-,45-43-,46-44-,52-49-,56-51-,65-62-. The molecule has 0 amide bonds. The monoisotopic (exact) mass is 1700 g/mol. The highest BCUT2D eigenvalue weighted by molar-refractivity contribution is 7.47. The molecular weight excluding hydrogens is 1530 g/mol. The van der Waals surface area contributed by atoms with Gasteiger partial charge in [0.15, 0.2) is 6.10 Å². The van der Waals surface area contributed by atoms with Gasteiger partial charge in [-0.2, -0.15) is 0 Å². The van der Waals surface area contributed by atoms with Crippen LogP contribution < -0.4 is 0 Å². The lowest BCUT2D eigenvalue weighted by Gasteiger charge is -2.21. The van der Waals surface area contributed by atoms with E-state index >= 15 is 0 Å². The Balaban J connectivity index is 4.69. The average molecular weight is 1700 g/mol. The SMILES string of the molecule is CC/C=C\C/C=C\C/C=C\C/C=C\C/C=C\C/C=C\CCCCCCCCCCCCC(=O)OCC(O)COP(=O)(O)OCC(O)COP(=O)(O)OCC(COC(=O)CCCCCCCCCCCCCCC/C=C\C/C=C\C/C=C\C/C=C\CCCCC)OC(=O)CCCCCCCC/C=C\C/C=C\C/C=C\C/C=C\C/C=C\C/C=C\CC. The summed E-state index contributed by atoms with van der Waals surface area (Å²) in [6.45, 7) is 2.43. The van der Waals surface area contributed by atoms with Gasteiger partial charge in [-0.1, -0.05) is 376 Å². The molecule has 16 nitrogen and oxygen atoms in total. The van der Waals surface area contributed by atoms with E-state index in [1.54, 1.807) is 0 Å². The average Bonchev–Trinajstić information content (AvgIpc) is 0.891. The second kappa shape index (κ2) is 91.6. The van der Waals surface area contributed by atoms with Crippen molar-refractivity contribution in [1.29, 1.82) is 0 Å². The zero-order valence-corrected chi connectivity index (χ0v) is 76.5. The fraction of sp³-hybridized carbons (Fsp3) is 0.653. The molecule has 18 heteroatoms. The topological polar surface area (TPSA) is 231 Å². The van der Waals surface area contributed by atoms with Crippen molar-refractivity contribution in [1.82, 2.24) is 0 Å². The fourth-order valence-electron chi connectivity index (χ4n) is 12.3. The van der Waals surface area contributed by atoms with E-state index in [1.807, 2.05) is 0 Å². The normalized spacial score (nSPS) is 14.6. The van der Waals surface area contributed by atoms with Crippen molar-refractivity contribution in [3.8, 4) is 0 Å². The number of aliphatic hydroxyl groups is 2. The highest BCUT2D eigenvalue weighted by Gasteiger charge is 2.29. The number of unbranched alkanes of at least 4 members (excludes halogenated alkanes) is 32. The molecule has 0 aliphatic heterocycles. The van der Waals surface area contributed by atoms with Crippen molar-refractivity contribution >= 4 is 33.6 Å². The highest BCUT2D eigenvalue weighted by Crippen LogP contribution is 2.45. The lowest BCUT2D eigenvalue weighted by Crippen LogP contribution is -2.30. The minimum atomic E-state index is -4.95. The Morgan fingerprint density at radius 2 is 0.445 bits per heavy atom. The number of aliphatic hydroxyl groups excluding tert-OH is 2. The summed E-state index contributed by atoms with van der Waals surface area (Å²) in [7, 11) is -9.83. The number of rotatable bonds is 87. The molecule has 0 saturated heterocycles. The molecule has 0 heterocycles. The summed E-state index contributed by atoms with van der Waals surface area (Å²) < 4.78 is 61.5. The third-order valence-corrected chi connectivity index (χ3v) is 21.2. The van der Waals surface area contributed by atoms with Gasteiger partial charge in [0, 0.05) is 19.3 Å². The Morgan fingerprint density at radius 3 is 0.706 bits per heavy atom. The molecule has 119 heavy (non-hydrogen) atoms. The second-order valence-corrected chi connectivity index (χ2v) is 33.6. The third-order valence-electron chi connectivity index (χ3n) is 19.3. The van der Waals surface area contributed by atoms with Crippen LogP contribution in [0.3, 0.4) is 0 Å². The lowest BCUT2D eigenvalue weighted by atomic mass is 10.0. The maximum atomic E-state index is 13.1. The van der Waals surface area contributed by atoms with Crippen molar-refractivity contribution < 1.29 is 75.8 Å². The maximum Gasteiger partial charge on any atom is 0.472 e. The van der Waals surface area contributed by atoms with Gasteiger partial charge in [-0.15, -0.1) is 0 Å². The minimum absolute atomic E-state index is 0.0808. The number of esters is 3. The van der Waals surface area contributed by atoms with Crippen LogP contribution in [0, 0.1) is 0 Å². The van der Waals surface area contributed by atoms with E-state index in [0.717, 1.165) is 199 Å². The summed E-state index contributed by atoms with van der Waals surface area (Å²) in [6, 6.07) is 0. The van der Waals surface area contributed by atoms with Crippen molar-refractivity contribution in [2.45, 2.75) is 386 Å². The molecule has 0 aromatic rings. The Bertz CT molecular complexity index is 2940. The lowest BCUT2D eigenvalue weighted by molar-refractivity contribution is -0.161. The van der Waals surface area contributed by atoms with Gasteiger partial charge < -0.3 is 34.2 Å². The van der Waals surface area contributed by atoms with E-state index in [0.29, 0.717) is 19.3 Å². The molecule has 0 rings (SSSR count). The molecule has 678 valence electrons. The van der Waals surface area contributed by atoms with Gasteiger partial charge in [-0.25, -0.2) is 9.13 Å². The first-order valence-corrected chi connectivity index (χ1v) is 49.7. The first-order chi connectivity index (χ1) is 58.2. The van der Waals surface area contributed by atoms with Crippen LogP contribution in [-0.4, -0.2) is 95.9 Å². The number of hydrogen-bond acceptors (Lipinski definition) is 14. The molecular formula is C101H168O16P2. The van der Waals surface area contributed by atoms with Crippen LogP contribution >= 0.6 is 15.6 Å². The number of phosphoric ester groups is 2. The van der Waals surface area contributed by atoms with Crippen LogP contribution in [-0.2, 0) is 55.8 Å². The summed E-state index contributed by atoms with van der Waals surface area (Å²) in [6.07, 6.45) is 122. The van der Waals surface area contributed by atoms with Crippen molar-refractivity contribution in [3.05, 3.63) is 194 Å². The van der Waals surface area contributed by atoms with E-state index < -0.39 is 91.5 Å². The fourth-order valence-corrected chi connectivity index (χ4v) is 13.9. The Labute approximate surface area is 725 Å². The number of phosphoric acid groups is 2. The van der Waals surface area contributed by atoms with Gasteiger partial charge in [0.1, 0.15) is 25.4 Å². The number of ether oxygens (including phenoxy) is 3. The Morgan fingerprint density at radius 1 is 0.244 bits per heavy atom. The molecule has 5 unspecified atom stereocenters. The quantitative estimate of drug-likeness (QED) is 0.0146. The van der Waals surface area contributed by atoms with E-state index in [2.05, 4.69) is 215 Å². The molecule has 4 N–H and O–H groups in total. The van der Waals surface area contributed by atoms with Crippen molar-refractivity contribution in [2.24, 2.45) is 0 Å². The molecule has 0 bridgehead atoms. The predicted molar refractivity (Wildman–Crippen MR) is 500 cm³/mol. The molecule has 0 spiro atoms. The molecule has 0 aliphatic carbocycles. The molecule has 5 atom stereocenters. The molecule has 0 saturated carbocycles. The van der Waals surface area contributed by atoms with Crippen molar-refractivity contribution in [3.63, 3.8) is 0 Å². The van der Waals surface area contributed by atoms with Crippen LogP contribution in [0.4, 0.5) is 0 Å². The van der Waals surface area contributed by atoms with E-state index in [9.17, 15) is 43.5 Å². The molecule has 0 aromatic heterocycles. The number of carbonyl (C=O) groups excluding carboxylic acids is 3. The summed E-state index contributed by atoms with van der Waals surface area (Å²) in [5.74, 6) is -1.60. The number of carbonyl (C=O) groups is 3. The maximum absolute atomic E-state index is 13.1. The number of allylic oxidation sites excluding steroid dienone is 32. The van der Waals surface area contributed by atoms with Gasteiger partial charge in [0.05, 0.1) is 26.4 Å². The first kappa shape index (κ1) is 113. The summed E-state index contributed by atoms with van der Waals surface area (Å²) in [5.41, 5.74) is 0. The van der Waals surface area contributed by atoms with Crippen LogP contribution in [0.1, 0.15) is 367 Å². The minimum Gasteiger partial charge on any atom is -0.463 e. The van der Waals surface area contributed by atoms with Crippen LogP contribution in [0.15, 0.2) is 194 Å². The van der Waals surface area contributed by atoms with Gasteiger partial charge in [-0.3, -0.25) is 32.5 Å². The van der Waals surface area contributed by atoms with Gasteiger partial charge in [0.25, 0.3) is 0 Å². The molecule has 0 aromatic carbocycles. The van der Waals surface area contributed by atoms with E-state index in [-0.39, 0.29) is 19.3 Å². The number of hydrogen-bond donors (Lipinski definition) is 4. The Kier molecular flexibility index (Phi) is 87.3. The van der Waals surface area contributed by atoms with Gasteiger partial charge >= 0.3 is 33.6 Å². The largest absolute Gasteiger partial charge is 0.472 e. The molecule has 0 radical (unpaired) electrons. The first-order valence-electron chi connectivity index (χ1n) is 46.7. The second-order valence-electron chi connectivity index (χ2n) is 30.7. The van der Waals surface area contributed by atoms with Crippen LogP contribution in [0.5, 0.6) is 0 Å². The molecule has 0 fully saturated rings.